The number of fused-ring (bicyclic) bond motifs is 1. The maximum absolute atomic E-state index is 12.7. The van der Waals surface area contributed by atoms with Crippen LogP contribution in [0.3, 0.4) is 0 Å². The van der Waals surface area contributed by atoms with E-state index in [1.165, 1.54) is 4.90 Å². The molecule has 2 aliphatic rings. The lowest BCUT2D eigenvalue weighted by Gasteiger charge is -2.28. The number of hydrogen-bond donors (Lipinski definition) is 1. The van der Waals surface area contributed by atoms with Gasteiger partial charge in [-0.2, -0.15) is 13.2 Å². The van der Waals surface area contributed by atoms with Crippen LogP contribution in [-0.4, -0.2) is 44.7 Å². The molecule has 0 aromatic carbocycles. The Hall–Kier alpha value is -1.64. The molecule has 0 spiro atoms. The highest BCUT2D eigenvalue weighted by molar-refractivity contribution is 5.78. The second kappa shape index (κ2) is 4.72. The second-order valence-corrected chi connectivity index (χ2v) is 5.06. The summed E-state index contributed by atoms with van der Waals surface area (Å²) >= 11 is 0. The molecule has 9 heteroatoms. The summed E-state index contributed by atoms with van der Waals surface area (Å²) in [5.74, 6) is -0.918. The van der Waals surface area contributed by atoms with Gasteiger partial charge < -0.3 is 14.8 Å². The summed E-state index contributed by atoms with van der Waals surface area (Å²) in [5.41, 5.74) is 0. The van der Waals surface area contributed by atoms with Gasteiger partial charge in [0, 0.05) is 19.1 Å². The number of carbonyl (C=O) groups excluding carboxylic acids is 1. The van der Waals surface area contributed by atoms with E-state index in [-0.39, 0.29) is 37.9 Å². The van der Waals surface area contributed by atoms with E-state index in [9.17, 15) is 18.0 Å². The van der Waals surface area contributed by atoms with Crippen LogP contribution in [0.25, 0.3) is 0 Å². The van der Waals surface area contributed by atoms with Crippen molar-refractivity contribution in [3.63, 3.8) is 0 Å². The SMILES string of the molecule is O=C(CNC1CC1)N1CCn2c(nnc2C(F)(F)F)C1. The van der Waals surface area contributed by atoms with Crippen LogP contribution in [0.4, 0.5) is 13.2 Å². The number of aromatic nitrogens is 3. The normalized spacial score (nSPS) is 19.1. The molecule has 0 saturated heterocycles. The first-order valence-electron chi connectivity index (χ1n) is 6.45. The molecule has 1 fully saturated rings. The molecule has 1 aliphatic heterocycles. The van der Waals surface area contributed by atoms with Crippen molar-refractivity contribution < 1.29 is 18.0 Å². The molecular weight excluding hydrogens is 275 g/mol. The number of alkyl halides is 3. The zero-order valence-electron chi connectivity index (χ0n) is 10.7. The number of halogens is 3. The standard InChI is InChI=1S/C11H14F3N5O/c12-11(13,14)10-17-16-8-6-18(3-4-19(8)10)9(20)5-15-7-1-2-7/h7,15H,1-6H2. The summed E-state index contributed by atoms with van der Waals surface area (Å²) in [6.07, 6.45) is -2.35. The molecule has 1 amide bonds. The Kier molecular flexibility index (Phi) is 3.15. The van der Waals surface area contributed by atoms with Crippen molar-refractivity contribution >= 4 is 5.91 Å². The van der Waals surface area contributed by atoms with Crippen LogP contribution in [-0.2, 0) is 24.1 Å². The van der Waals surface area contributed by atoms with Crippen LogP contribution in [0.15, 0.2) is 0 Å². The highest BCUT2D eigenvalue weighted by Gasteiger charge is 2.39. The van der Waals surface area contributed by atoms with Crippen molar-refractivity contribution in [3.05, 3.63) is 11.6 Å². The summed E-state index contributed by atoms with van der Waals surface area (Å²) in [5, 5.41) is 9.82. The van der Waals surface area contributed by atoms with Gasteiger partial charge >= 0.3 is 6.18 Å². The summed E-state index contributed by atoms with van der Waals surface area (Å²) in [6.45, 7) is 0.630. The van der Waals surface area contributed by atoms with Crippen LogP contribution in [0.2, 0.25) is 0 Å². The van der Waals surface area contributed by atoms with Crippen LogP contribution < -0.4 is 5.32 Å². The summed E-state index contributed by atoms with van der Waals surface area (Å²) < 4.78 is 39.0. The van der Waals surface area contributed by atoms with Gasteiger partial charge in [0.25, 0.3) is 0 Å². The Balaban J connectivity index is 1.66. The van der Waals surface area contributed by atoms with Crippen molar-refractivity contribution in [1.82, 2.24) is 25.0 Å². The van der Waals surface area contributed by atoms with Gasteiger partial charge in [-0.3, -0.25) is 4.79 Å². The van der Waals surface area contributed by atoms with Crippen molar-refractivity contribution in [2.24, 2.45) is 0 Å². The lowest BCUT2D eigenvalue weighted by atomic mass is 10.3. The Morgan fingerprint density at radius 3 is 2.70 bits per heavy atom. The van der Waals surface area contributed by atoms with Gasteiger partial charge in [-0.1, -0.05) is 0 Å². The van der Waals surface area contributed by atoms with Gasteiger partial charge in [0.15, 0.2) is 5.82 Å². The fraction of sp³-hybridized carbons (Fsp3) is 0.727. The van der Waals surface area contributed by atoms with Gasteiger partial charge in [-0.05, 0) is 12.8 Å². The smallest absolute Gasteiger partial charge is 0.332 e. The molecule has 1 aliphatic carbocycles. The average Bonchev–Trinajstić information content (AvgIpc) is 3.11. The van der Waals surface area contributed by atoms with E-state index in [0.717, 1.165) is 17.4 Å². The van der Waals surface area contributed by atoms with E-state index >= 15 is 0 Å². The molecule has 1 aromatic rings. The molecule has 1 N–H and O–H groups in total. The van der Waals surface area contributed by atoms with Crippen molar-refractivity contribution in [3.8, 4) is 0 Å². The number of rotatable bonds is 3. The Morgan fingerprint density at radius 1 is 1.30 bits per heavy atom. The van der Waals surface area contributed by atoms with E-state index in [0.29, 0.717) is 6.04 Å². The molecule has 0 unspecified atom stereocenters. The molecule has 20 heavy (non-hydrogen) atoms. The third-order valence-corrected chi connectivity index (χ3v) is 3.48. The molecule has 0 bridgehead atoms. The van der Waals surface area contributed by atoms with E-state index in [1.54, 1.807) is 0 Å². The van der Waals surface area contributed by atoms with Crippen molar-refractivity contribution in [1.29, 1.82) is 0 Å². The summed E-state index contributed by atoms with van der Waals surface area (Å²) in [4.78, 5) is 13.4. The minimum atomic E-state index is -4.51. The Morgan fingerprint density at radius 2 is 2.05 bits per heavy atom. The third kappa shape index (κ3) is 2.62. The minimum Gasteiger partial charge on any atom is -0.332 e. The van der Waals surface area contributed by atoms with Crippen LogP contribution >= 0.6 is 0 Å². The molecule has 0 atom stereocenters. The first-order valence-corrected chi connectivity index (χ1v) is 6.45. The van der Waals surface area contributed by atoms with Gasteiger partial charge in [0.05, 0.1) is 13.1 Å². The molecule has 1 aromatic heterocycles. The topological polar surface area (TPSA) is 63.1 Å². The van der Waals surface area contributed by atoms with Crippen LogP contribution in [0.1, 0.15) is 24.5 Å². The predicted molar refractivity (Wildman–Crippen MR) is 61.5 cm³/mol. The van der Waals surface area contributed by atoms with Gasteiger partial charge in [-0.25, -0.2) is 0 Å². The average molecular weight is 289 g/mol. The summed E-state index contributed by atoms with van der Waals surface area (Å²) in [6, 6.07) is 0.421. The third-order valence-electron chi connectivity index (χ3n) is 3.48. The molecular formula is C11H14F3N5O. The van der Waals surface area contributed by atoms with E-state index in [2.05, 4.69) is 15.5 Å². The van der Waals surface area contributed by atoms with E-state index in [4.69, 9.17) is 0 Å². The highest BCUT2D eigenvalue weighted by atomic mass is 19.4. The van der Waals surface area contributed by atoms with Crippen molar-refractivity contribution in [2.45, 2.75) is 38.1 Å². The van der Waals surface area contributed by atoms with Crippen LogP contribution in [0.5, 0.6) is 0 Å². The number of nitrogens with one attached hydrogen (secondary N) is 1. The first kappa shape index (κ1) is 13.3. The number of amides is 1. The summed E-state index contributed by atoms with van der Waals surface area (Å²) in [7, 11) is 0. The second-order valence-electron chi connectivity index (χ2n) is 5.06. The Bertz CT molecular complexity index is 523. The maximum atomic E-state index is 12.7. The Labute approximate surface area is 112 Å². The lowest BCUT2D eigenvalue weighted by molar-refractivity contribution is -0.148. The van der Waals surface area contributed by atoms with Crippen LogP contribution in [0, 0.1) is 0 Å². The van der Waals surface area contributed by atoms with E-state index < -0.39 is 12.0 Å². The fourth-order valence-electron chi connectivity index (χ4n) is 2.21. The van der Waals surface area contributed by atoms with Gasteiger partial charge in [-0.15, -0.1) is 10.2 Å². The number of hydrogen-bond acceptors (Lipinski definition) is 4. The molecule has 110 valence electrons. The molecule has 3 rings (SSSR count). The number of nitrogens with zero attached hydrogens (tertiary/aromatic N) is 4. The lowest BCUT2D eigenvalue weighted by Crippen LogP contribution is -2.43. The number of carbonyl (C=O) groups is 1. The zero-order valence-corrected chi connectivity index (χ0v) is 10.7. The highest BCUT2D eigenvalue weighted by Crippen LogP contribution is 2.29. The van der Waals surface area contributed by atoms with Gasteiger partial charge in [0.2, 0.25) is 11.7 Å². The molecule has 0 radical (unpaired) electrons. The fourth-order valence-corrected chi connectivity index (χ4v) is 2.21. The minimum absolute atomic E-state index is 0.0757. The molecule has 1 saturated carbocycles. The van der Waals surface area contributed by atoms with Gasteiger partial charge in [0.1, 0.15) is 0 Å². The zero-order chi connectivity index (χ0) is 14.3. The van der Waals surface area contributed by atoms with E-state index in [1.807, 2.05) is 0 Å². The first-order chi connectivity index (χ1) is 9.45. The molecule has 2 heterocycles. The largest absolute Gasteiger partial charge is 0.451 e. The maximum Gasteiger partial charge on any atom is 0.451 e. The molecule has 6 nitrogen and oxygen atoms in total. The van der Waals surface area contributed by atoms with Crippen molar-refractivity contribution in [2.75, 3.05) is 13.1 Å². The predicted octanol–water partition coefficient (Wildman–Crippen LogP) is 0.391. The monoisotopic (exact) mass is 289 g/mol. The quantitative estimate of drug-likeness (QED) is 0.874.